The van der Waals surface area contributed by atoms with Crippen molar-refractivity contribution in [2.45, 2.75) is 19.9 Å². The van der Waals surface area contributed by atoms with Crippen molar-refractivity contribution in [2.24, 2.45) is 5.73 Å². The summed E-state index contributed by atoms with van der Waals surface area (Å²) in [4.78, 5) is 23.5. The van der Waals surface area contributed by atoms with E-state index in [1.54, 1.807) is 24.4 Å². The molecule has 116 valence electrons. The lowest BCUT2D eigenvalue weighted by Gasteiger charge is -2.17. The Kier molecular flexibility index (Phi) is 5.05. The van der Waals surface area contributed by atoms with E-state index in [2.05, 4.69) is 10.6 Å². The molecule has 2 aromatic rings. The fourth-order valence-electron chi connectivity index (χ4n) is 1.88. The molecule has 22 heavy (non-hydrogen) atoms. The zero-order valence-corrected chi connectivity index (χ0v) is 13.7. The highest BCUT2D eigenvalue weighted by Crippen LogP contribution is 2.25. The summed E-state index contributed by atoms with van der Waals surface area (Å²) in [6.07, 6.45) is 0. The minimum absolute atomic E-state index is 0.260. The molecule has 0 saturated carbocycles. The molecule has 1 aromatic carbocycles. The Balaban J connectivity index is 2.08. The van der Waals surface area contributed by atoms with Gasteiger partial charge in [-0.3, -0.25) is 9.59 Å². The highest BCUT2D eigenvalue weighted by atomic mass is 35.5. The van der Waals surface area contributed by atoms with Crippen molar-refractivity contribution in [3.63, 3.8) is 0 Å². The van der Waals surface area contributed by atoms with Gasteiger partial charge in [-0.15, -0.1) is 11.3 Å². The topological polar surface area (TPSA) is 84.2 Å². The fourth-order valence-corrected chi connectivity index (χ4v) is 2.85. The molecule has 0 aliphatic carbocycles. The van der Waals surface area contributed by atoms with Gasteiger partial charge in [0.2, 0.25) is 5.91 Å². The Morgan fingerprint density at radius 3 is 2.73 bits per heavy atom. The van der Waals surface area contributed by atoms with Gasteiger partial charge in [0.15, 0.2) is 0 Å². The highest BCUT2D eigenvalue weighted by molar-refractivity contribution is 7.14. The van der Waals surface area contributed by atoms with Crippen LogP contribution in [0, 0.1) is 6.92 Å². The first-order valence-electron chi connectivity index (χ1n) is 6.60. The first-order valence-corrected chi connectivity index (χ1v) is 7.85. The van der Waals surface area contributed by atoms with Crippen LogP contribution in [0.25, 0.3) is 0 Å². The summed E-state index contributed by atoms with van der Waals surface area (Å²) in [5, 5.41) is 8.60. The van der Waals surface area contributed by atoms with Gasteiger partial charge in [0, 0.05) is 10.7 Å². The van der Waals surface area contributed by atoms with E-state index in [9.17, 15) is 9.59 Å². The molecule has 2 rings (SSSR count). The second-order valence-electron chi connectivity index (χ2n) is 4.80. The molecule has 4 N–H and O–H groups in total. The van der Waals surface area contributed by atoms with E-state index in [-0.39, 0.29) is 5.91 Å². The summed E-state index contributed by atoms with van der Waals surface area (Å²) in [5.74, 6) is -0.827. The van der Waals surface area contributed by atoms with Gasteiger partial charge in [-0.25, -0.2) is 0 Å². The van der Waals surface area contributed by atoms with E-state index in [0.29, 0.717) is 15.6 Å². The van der Waals surface area contributed by atoms with E-state index >= 15 is 0 Å². The number of amides is 2. The molecule has 7 heteroatoms. The highest BCUT2D eigenvalue weighted by Gasteiger charge is 2.18. The first-order chi connectivity index (χ1) is 10.4. The van der Waals surface area contributed by atoms with E-state index in [1.165, 1.54) is 11.3 Å². The van der Waals surface area contributed by atoms with Crippen LogP contribution in [0.4, 0.5) is 10.7 Å². The summed E-state index contributed by atoms with van der Waals surface area (Å²) in [6, 6.07) is 6.54. The maximum absolute atomic E-state index is 12.2. The Bertz CT molecular complexity index is 715. The minimum Gasteiger partial charge on any atom is -0.374 e. The van der Waals surface area contributed by atoms with E-state index in [1.807, 2.05) is 19.1 Å². The molecule has 1 atom stereocenters. The molecule has 2 amide bonds. The quantitative estimate of drug-likeness (QED) is 0.783. The number of primary amides is 1. The van der Waals surface area contributed by atoms with Crippen LogP contribution in [0.3, 0.4) is 0 Å². The molecule has 0 spiro atoms. The van der Waals surface area contributed by atoms with Gasteiger partial charge < -0.3 is 16.4 Å². The number of anilines is 2. The molecule has 0 radical (unpaired) electrons. The average molecular weight is 338 g/mol. The number of nitrogens with two attached hydrogens (primary N) is 1. The molecular formula is C15H16ClN3O2S. The normalized spacial score (nSPS) is 11.8. The number of halogens is 1. The van der Waals surface area contributed by atoms with E-state index < -0.39 is 11.9 Å². The largest absolute Gasteiger partial charge is 0.374 e. The van der Waals surface area contributed by atoms with Gasteiger partial charge in [-0.05, 0) is 43.0 Å². The minimum atomic E-state index is -0.567. The molecule has 0 aliphatic rings. The van der Waals surface area contributed by atoms with Gasteiger partial charge in [0.1, 0.15) is 11.0 Å². The molecule has 0 unspecified atom stereocenters. The van der Waals surface area contributed by atoms with E-state index in [0.717, 1.165) is 11.3 Å². The lowest BCUT2D eigenvalue weighted by atomic mass is 10.2. The van der Waals surface area contributed by atoms with Gasteiger partial charge in [-0.2, -0.15) is 0 Å². The third kappa shape index (κ3) is 3.58. The Hall–Kier alpha value is -2.05. The number of hydrogen-bond acceptors (Lipinski definition) is 4. The third-order valence-electron chi connectivity index (χ3n) is 3.20. The molecule has 0 bridgehead atoms. The lowest BCUT2D eigenvalue weighted by molar-refractivity contribution is -0.116. The van der Waals surface area contributed by atoms with Crippen molar-refractivity contribution < 1.29 is 9.59 Å². The predicted octanol–water partition coefficient (Wildman–Crippen LogP) is 3.25. The number of benzene rings is 1. The second kappa shape index (κ2) is 6.81. The summed E-state index contributed by atoms with van der Waals surface area (Å²) < 4.78 is 0. The maximum atomic E-state index is 12.2. The Labute approximate surface area is 137 Å². The number of hydrogen-bond donors (Lipinski definition) is 3. The van der Waals surface area contributed by atoms with Crippen LogP contribution < -0.4 is 16.4 Å². The van der Waals surface area contributed by atoms with Crippen LogP contribution in [0.1, 0.15) is 22.8 Å². The van der Waals surface area contributed by atoms with Gasteiger partial charge in [0.05, 0.1) is 5.56 Å². The Morgan fingerprint density at radius 1 is 1.32 bits per heavy atom. The molecule has 0 aliphatic heterocycles. The maximum Gasteiger partial charge on any atom is 0.251 e. The van der Waals surface area contributed by atoms with Crippen molar-refractivity contribution >= 4 is 45.4 Å². The summed E-state index contributed by atoms with van der Waals surface area (Å²) in [7, 11) is 0. The first kappa shape index (κ1) is 16.3. The van der Waals surface area contributed by atoms with Gasteiger partial charge >= 0.3 is 0 Å². The molecule has 0 fully saturated rings. The van der Waals surface area contributed by atoms with Crippen LogP contribution in [0.15, 0.2) is 29.6 Å². The SMILES string of the molecule is Cc1c(Cl)cccc1N[C@@H](C)C(=O)Nc1sccc1C(N)=O. The number of carbonyl (C=O) groups excluding carboxylic acids is 2. The second-order valence-corrected chi connectivity index (χ2v) is 6.12. The van der Waals surface area contributed by atoms with Crippen LogP contribution in [-0.4, -0.2) is 17.9 Å². The van der Waals surface area contributed by atoms with Crippen LogP contribution in [-0.2, 0) is 4.79 Å². The Morgan fingerprint density at radius 2 is 2.05 bits per heavy atom. The third-order valence-corrected chi connectivity index (χ3v) is 4.44. The fraction of sp³-hybridized carbons (Fsp3) is 0.200. The number of thiophene rings is 1. The van der Waals surface area contributed by atoms with Crippen molar-refractivity contribution in [1.82, 2.24) is 0 Å². The number of nitrogens with one attached hydrogen (secondary N) is 2. The van der Waals surface area contributed by atoms with Crippen LogP contribution in [0.5, 0.6) is 0 Å². The van der Waals surface area contributed by atoms with Crippen molar-refractivity contribution in [2.75, 3.05) is 10.6 Å². The summed E-state index contributed by atoms with van der Waals surface area (Å²) in [5.41, 5.74) is 7.23. The molecule has 1 heterocycles. The smallest absolute Gasteiger partial charge is 0.251 e. The molecule has 1 aromatic heterocycles. The van der Waals surface area contributed by atoms with Crippen molar-refractivity contribution in [1.29, 1.82) is 0 Å². The zero-order chi connectivity index (χ0) is 16.3. The zero-order valence-electron chi connectivity index (χ0n) is 12.1. The number of rotatable bonds is 5. The monoisotopic (exact) mass is 337 g/mol. The van der Waals surface area contributed by atoms with Crippen LogP contribution >= 0.6 is 22.9 Å². The lowest BCUT2D eigenvalue weighted by Crippen LogP contribution is -2.32. The summed E-state index contributed by atoms with van der Waals surface area (Å²) >= 11 is 7.31. The summed E-state index contributed by atoms with van der Waals surface area (Å²) in [6.45, 7) is 3.60. The molecule has 5 nitrogen and oxygen atoms in total. The van der Waals surface area contributed by atoms with Crippen molar-refractivity contribution in [3.05, 3.63) is 45.8 Å². The van der Waals surface area contributed by atoms with Crippen molar-refractivity contribution in [3.8, 4) is 0 Å². The van der Waals surface area contributed by atoms with Gasteiger partial charge in [0.25, 0.3) is 5.91 Å². The van der Waals surface area contributed by atoms with Crippen LogP contribution in [0.2, 0.25) is 5.02 Å². The average Bonchev–Trinajstić information content (AvgIpc) is 2.92. The standard InChI is InChI=1S/C15H16ClN3O2S/c1-8-11(16)4-3-5-12(8)18-9(2)14(21)19-15-10(13(17)20)6-7-22-15/h3-7,9,18H,1-2H3,(H2,17,20)(H,19,21)/t9-/m0/s1. The molecule has 0 saturated heterocycles. The van der Waals surface area contributed by atoms with Gasteiger partial charge in [-0.1, -0.05) is 17.7 Å². The molecular weight excluding hydrogens is 322 g/mol. The number of carbonyl (C=O) groups is 2. The van der Waals surface area contributed by atoms with E-state index in [4.69, 9.17) is 17.3 Å². The predicted molar refractivity (Wildman–Crippen MR) is 90.7 cm³/mol.